The minimum Gasteiger partial charge on any atom is -0.396 e. The SMILES string of the molecule is CC(C)(CCO)CNC(=O)C(=O)Nc1ccc2c(c1)CCC2. The Labute approximate surface area is 131 Å². The zero-order valence-corrected chi connectivity index (χ0v) is 13.2. The number of carbonyl (C=O) groups excluding carboxylic acids is 2. The van der Waals surface area contributed by atoms with Gasteiger partial charge in [0.1, 0.15) is 0 Å². The highest BCUT2D eigenvalue weighted by atomic mass is 16.3. The van der Waals surface area contributed by atoms with Crippen molar-refractivity contribution >= 4 is 17.5 Å². The molecule has 22 heavy (non-hydrogen) atoms. The molecule has 0 aliphatic heterocycles. The third-order valence-corrected chi connectivity index (χ3v) is 4.08. The Bertz CT molecular complexity index is 567. The summed E-state index contributed by atoms with van der Waals surface area (Å²) in [4.78, 5) is 23.8. The molecule has 0 radical (unpaired) electrons. The second kappa shape index (κ2) is 6.92. The van der Waals surface area contributed by atoms with E-state index >= 15 is 0 Å². The third-order valence-electron chi connectivity index (χ3n) is 4.08. The van der Waals surface area contributed by atoms with Gasteiger partial charge in [0.15, 0.2) is 0 Å². The lowest BCUT2D eigenvalue weighted by molar-refractivity contribution is -0.136. The molecule has 0 spiro atoms. The van der Waals surface area contributed by atoms with Gasteiger partial charge in [0.05, 0.1) is 0 Å². The van der Waals surface area contributed by atoms with Crippen molar-refractivity contribution in [3.8, 4) is 0 Å². The van der Waals surface area contributed by atoms with E-state index in [0.29, 0.717) is 18.7 Å². The van der Waals surface area contributed by atoms with E-state index in [1.165, 1.54) is 11.1 Å². The summed E-state index contributed by atoms with van der Waals surface area (Å²) in [6.45, 7) is 4.28. The van der Waals surface area contributed by atoms with Crippen molar-refractivity contribution in [2.75, 3.05) is 18.5 Å². The van der Waals surface area contributed by atoms with Crippen LogP contribution < -0.4 is 10.6 Å². The average molecular weight is 304 g/mol. The molecule has 0 bridgehead atoms. The van der Waals surface area contributed by atoms with Gasteiger partial charge in [-0.25, -0.2) is 0 Å². The number of nitrogens with one attached hydrogen (secondary N) is 2. The molecule has 1 aliphatic rings. The van der Waals surface area contributed by atoms with E-state index in [4.69, 9.17) is 5.11 Å². The lowest BCUT2D eigenvalue weighted by Crippen LogP contribution is -2.40. The molecular formula is C17H24N2O3. The predicted octanol–water partition coefficient (Wildman–Crippen LogP) is 1.64. The van der Waals surface area contributed by atoms with Crippen LogP contribution in [0.4, 0.5) is 5.69 Å². The van der Waals surface area contributed by atoms with Crippen molar-refractivity contribution in [1.29, 1.82) is 0 Å². The molecule has 1 aromatic rings. The number of fused-ring (bicyclic) bond motifs is 1. The van der Waals surface area contributed by atoms with Crippen LogP contribution in [0.25, 0.3) is 0 Å². The Morgan fingerprint density at radius 1 is 1.18 bits per heavy atom. The zero-order chi connectivity index (χ0) is 16.2. The molecule has 0 saturated carbocycles. The maximum Gasteiger partial charge on any atom is 0.313 e. The molecule has 2 amide bonds. The van der Waals surface area contributed by atoms with E-state index in [-0.39, 0.29) is 12.0 Å². The van der Waals surface area contributed by atoms with Gasteiger partial charge in [-0.05, 0) is 54.4 Å². The fourth-order valence-corrected chi connectivity index (χ4v) is 2.63. The van der Waals surface area contributed by atoms with Crippen LogP contribution in [0.5, 0.6) is 0 Å². The summed E-state index contributed by atoms with van der Waals surface area (Å²) in [5.74, 6) is -1.30. The molecule has 3 N–H and O–H groups in total. The van der Waals surface area contributed by atoms with Crippen molar-refractivity contribution in [3.05, 3.63) is 29.3 Å². The fraction of sp³-hybridized carbons (Fsp3) is 0.529. The number of amides is 2. The maximum absolute atomic E-state index is 11.9. The van der Waals surface area contributed by atoms with Crippen molar-refractivity contribution in [2.24, 2.45) is 5.41 Å². The molecule has 0 atom stereocenters. The first-order valence-electron chi connectivity index (χ1n) is 7.73. The standard InChI is InChI=1S/C17H24N2O3/c1-17(2,8-9-20)11-18-15(21)16(22)19-14-7-6-12-4-3-5-13(12)10-14/h6-7,10,20H,3-5,8-9,11H2,1-2H3,(H,18,21)(H,19,22). The van der Waals surface area contributed by atoms with Gasteiger partial charge in [0, 0.05) is 18.8 Å². The van der Waals surface area contributed by atoms with Crippen LogP contribution in [0.1, 0.15) is 37.8 Å². The maximum atomic E-state index is 11.9. The van der Waals surface area contributed by atoms with Gasteiger partial charge in [-0.3, -0.25) is 9.59 Å². The second-order valence-corrected chi connectivity index (χ2v) is 6.61. The van der Waals surface area contributed by atoms with Crippen molar-refractivity contribution in [2.45, 2.75) is 39.5 Å². The molecular weight excluding hydrogens is 280 g/mol. The monoisotopic (exact) mass is 304 g/mol. The van der Waals surface area contributed by atoms with Crippen LogP contribution in [-0.2, 0) is 22.4 Å². The summed E-state index contributed by atoms with van der Waals surface area (Å²) in [6.07, 6.45) is 3.83. The highest BCUT2D eigenvalue weighted by Gasteiger charge is 2.21. The van der Waals surface area contributed by atoms with E-state index in [2.05, 4.69) is 10.6 Å². The molecule has 1 aliphatic carbocycles. The number of hydrogen-bond donors (Lipinski definition) is 3. The van der Waals surface area contributed by atoms with Gasteiger partial charge in [0.25, 0.3) is 0 Å². The first kappa shape index (κ1) is 16.5. The highest BCUT2D eigenvalue weighted by molar-refractivity contribution is 6.39. The van der Waals surface area contributed by atoms with Gasteiger partial charge in [-0.15, -0.1) is 0 Å². The summed E-state index contributed by atoms with van der Waals surface area (Å²) >= 11 is 0. The second-order valence-electron chi connectivity index (χ2n) is 6.61. The number of aryl methyl sites for hydroxylation is 2. The smallest absolute Gasteiger partial charge is 0.313 e. The third kappa shape index (κ3) is 4.31. The molecule has 0 aromatic heterocycles. The van der Waals surface area contributed by atoms with Crippen LogP contribution in [0.3, 0.4) is 0 Å². The number of benzene rings is 1. The first-order chi connectivity index (χ1) is 10.4. The zero-order valence-electron chi connectivity index (χ0n) is 13.2. The van der Waals surface area contributed by atoms with Crippen LogP contribution in [0.15, 0.2) is 18.2 Å². The number of aliphatic hydroxyl groups is 1. The van der Waals surface area contributed by atoms with E-state index in [1.807, 2.05) is 32.0 Å². The van der Waals surface area contributed by atoms with Gasteiger partial charge in [-0.1, -0.05) is 19.9 Å². The first-order valence-corrected chi connectivity index (χ1v) is 7.73. The molecule has 0 heterocycles. The summed E-state index contributed by atoms with van der Waals surface area (Å²) < 4.78 is 0. The largest absolute Gasteiger partial charge is 0.396 e. The van der Waals surface area contributed by atoms with Crippen LogP contribution in [0, 0.1) is 5.41 Å². The van der Waals surface area contributed by atoms with Crippen LogP contribution in [0.2, 0.25) is 0 Å². The summed E-state index contributed by atoms with van der Waals surface area (Å²) in [5.41, 5.74) is 3.00. The van der Waals surface area contributed by atoms with Crippen molar-refractivity contribution in [3.63, 3.8) is 0 Å². The predicted molar refractivity (Wildman–Crippen MR) is 85.6 cm³/mol. The normalized spacial score (nSPS) is 13.6. The Morgan fingerprint density at radius 3 is 2.64 bits per heavy atom. The Morgan fingerprint density at radius 2 is 1.91 bits per heavy atom. The van der Waals surface area contributed by atoms with Crippen LogP contribution >= 0.6 is 0 Å². The molecule has 5 nitrogen and oxygen atoms in total. The molecule has 0 unspecified atom stereocenters. The fourth-order valence-electron chi connectivity index (χ4n) is 2.63. The van der Waals surface area contributed by atoms with E-state index in [0.717, 1.165) is 19.3 Å². The molecule has 1 aromatic carbocycles. The lowest BCUT2D eigenvalue weighted by Gasteiger charge is -2.23. The number of rotatable bonds is 5. The lowest BCUT2D eigenvalue weighted by atomic mass is 9.90. The number of anilines is 1. The molecule has 5 heteroatoms. The Kier molecular flexibility index (Phi) is 5.19. The highest BCUT2D eigenvalue weighted by Crippen LogP contribution is 2.24. The average Bonchev–Trinajstić information content (AvgIpc) is 2.92. The molecule has 2 rings (SSSR count). The summed E-state index contributed by atoms with van der Waals surface area (Å²) in [7, 11) is 0. The van der Waals surface area contributed by atoms with Crippen molar-refractivity contribution < 1.29 is 14.7 Å². The van der Waals surface area contributed by atoms with Gasteiger partial charge in [0.2, 0.25) is 0 Å². The Hall–Kier alpha value is -1.88. The quantitative estimate of drug-likeness (QED) is 0.724. The number of carbonyl (C=O) groups is 2. The number of aliphatic hydroxyl groups excluding tert-OH is 1. The molecule has 0 saturated heterocycles. The molecule has 120 valence electrons. The van der Waals surface area contributed by atoms with E-state index in [9.17, 15) is 9.59 Å². The van der Waals surface area contributed by atoms with E-state index < -0.39 is 11.8 Å². The van der Waals surface area contributed by atoms with Crippen LogP contribution in [-0.4, -0.2) is 30.1 Å². The minimum atomic E-state index is -0.655. The number of hydrogen-bond acceptors (Lipinski definition) is 3. The van der Waals surface area contributed by atoms with Crippen molar-refractivity contribution in [1.82, 2.24) is 5.32 Å². The molecule has 0 fully saturated rings. The minimum absolute atomic E-state index is 0.0597. The Balaban J connectivity index is 1.87. The summed E-state index contributed by atoms with van der Waals surface area (Å²) in [5, 5.41) is 14.2. The summed E-state index contributed by atoms with van der Waals surface area (Å²) in [6, 6.07) is 5.80. The van der Waals surface area contributed by atoms with Gasteiger partial charge >= 0.3 is 11.8 Å². The van der Waals surface area contributed by atoms with Gasteiger partial charge < -0.3 is 15.7 Å². The van der Waals surface area contributed by atoms with Gasteiger partial charge in [-0.2, -0.15) is 0 Å². The topological polar surface area (TPSA) is 78.4 Å². The van der Waals surface area contributed by atoms with E-state index in [1.54, 1.807) is 0 Å².